The zero-order valence-electron chi connectivity index (χ0n) is 16.3. The van der Waals surface area contributed by atoms with Crippen LogP contribution in [0.2, 0.25) is 0 Å². The lowest BCUT2D eigenvalue weighted by Gasteiger charge is -2.30. The van der Waals surface area contributed by atoms with Crippen molar-refractivity contribution in [1.82, 2.24) is 25.4 Å². The van der Waals surface area contributed by atoms with Gasteiger partial charge in [-0.05, 0) is 31.1 Å². The van der Waals surface area contributed by atoms with Crippen LogP contribution in [0.5, 0.6) is 0 Å². The quantitative estimate of drug-likeness (QED) is 0.375. The maximum atomic E-state index is 5.13. The Morgan fingerprint density at radius 1 is 1.38 bits per heavy atom. The molecule has 0 spiro atoms. The molecule has 8 heteroatoms. The van der Waals surface area contributed by atoms with Crippen molar-refractivity contribution in [2.75, 3.05) is 20.7 Å². The van der Waals surface area contributed by atoms with Crippen LogP contribution in [0.4, 0.5) is 0 Å². The summed E-state index contributed by atoms with van der Waals surface area (Å²) in [4.78, 5) is 8.96. The highest BCUT2D eigenvalue weighted by atomic mass is 127. The van der Waals surface area contributed by atoms with E-state index in [0.29, 0.717) is 18.1 Å². The third-order valence-corrected chi connectivity index (χ3v) is 5.78. The number of ether oxygens (including phenoxy) is 1. The number of hydrogen-bond donors (Lipinski definition) is 2. The van der Waals surface area contributed by atoms with Gasteiger partial charge in [0, 0.05) is 33.2 Å². The number of nitrogens with one attached hydrogen (secondary N) is 2. The first-order valence-electron chi connectivity index (χ1n) is 9.57. The summed E-state index contributed by atoms with van der Waals surface area (Å²) >= 11 is 0. The molecule has 1 aliphatic heterocycles. The average molecular weight is 476 g/mol. The molecule has 0 bridgehead atoms. The van der Waals surface area contributed by atoms with Crippen LogP contribution in [0.15, 0.2) is 4.99 Å². The molecule has 2 N–H and O–H groups in total. The fraction of sp³-hybridized carbons (Fsp3) is 0.833. The standard InChI is InChI=1S/C18H32N6O.HI/c1-4-18(9-5-6-10-18)13-20-17(19-2)21-14-7-8-16-22-15(12-25-3)23-24(16)11-14;/h14H,4-13H2,1-3H3,(H2,19,20,21);1H. The monoisotopic (exact) mass is 476 g/mol. The number of hydrogen-bond acceptors (Lipinski definition) is 4. The second kappa shape index (κ2) is 9.87. The maximum absolute atomic E-state index is 5.13. The maximum Gasteiger partial charge on any atom is 0.191 e. The zero-order chi connectivity index (χ0) is 17.7. The Kier molecular flexibility index (Phi) is 8.12. The highest BCUT2D eigenvalue weighted by Crippen LogP contribution is 2.40. The van der Waals surface area contributed by atoms with E-state index in [9.17, 15) is 0 Å². The molecule has 7 nitrogen and oxygen atoms in total. The molecular weight excluding hydrogens is 443 g/mol. The van der Waals surface area contributed by atoms with Crippen molar-refractivity contribution in [3.05, 3.63) is 11.6 Å². The number of aromatic nitrogens is 3. The van der Waals surface area contributed by atoms with Crippen LogP contribution in [-0.4, -0.2) is 47.5 Å². The third kappa shape index (κ3) is 5.09. The molecule has 1 aromatic heterocycles. The summed E-state index contributed by atoms with van der Waals surface area (Å²) in [5.41, 5.74) is 0.457. The average Bonchev–Trinajstić information content (AvgIpc) is 3.25. The van der Waals surface area contributed by atoms with Gasteiger partial charge in [0.05, 0.1) is 6.54 Å². The number of aliphatic imine (C=N–C) groups is 1. The summed E-state index contributed by atoms with van der Waals surface area (Å²) in [6.45, 7) is 4.63. The Hall–Kier alpha value is -0.900. The molecular formula is C18H33IN6O. The SMILES string of the molecule is CCC1(CNC(=NC)NC2CCc3nc(COC)nn3C2)CCCC1.I. The van der Waals surface area contributed by atoms with Crippen molar-refractivity contribution in [2.45, 2.75) is 71.1 Å². The fourth-order valence-corrected chi connectivity index (χ4v) is 4.11. The van der Waals surface area contributed by atoms with Crippen molar-refractivity contribution in [2.24, 2.45) is 10.4 Å². The Morgan fingerprint density at radius 2 is 2.15 bits per heavy atom. The van der Waals surface area contributed by atoms with E-state index < -0.39 is 0 Å². The van der Waals surface area contributed by atoms with E-state index in [0.717, 1.165) is 43.5 Å². The highest BCUT2D eigenvalue weighted by Gasteiger charge is 2.32. The second-order valence-corrected chi connectivity index (χ2v) is 7.43. The molecule has 2 heterocycles. The summed E-state index contributed by atoms with van der Waals surface area (Å²) < 4.78 is 7.14. The predicted molar refractivity (Wildman–Crippen MR) is 114 cm³/mol. The third-order valence-electron chi connectivity index (χ3n) is 5.78. The van der Waals surface area contributed by atoms with E-state index in [-0.39, 0.29) is 24.0 Å². The molecule has 1 unspecified atom stereocenters. The number of halogens is 1. The number of fused-ring (bicyclic) bond motifs is 1. The normalized spacial score (nSPS) is 21.8. The van der Waals surface area contributed by atoms with Crippen LogP contribution in [0.1, 0.15) is 57.1 Å². The van der Waals surface area contributed by atoms with E-state index >= 15 is 0 Å². The van der Waals surface area contributed by atoms with Crippen molar-refractivity contribution in [1.29, 1.82) is 0 Å². The molecule has 1 fully saturated rings. The summed E-state index contributed by atoms with van der Waals surface area (Å²) in [7, 11) is 3.52. The van der Waals surface area contributed by atoms with Crippen LogP contribution in [0.25, 0.3) is 0 Å². The first-order chi connectivity index (χ1) is 12.2. The van der Waals surface area contributed by atoms with Gasteiger partial charge in [-0.2, -0.15) is 5.10 Å². The van der Waals surface area contributed by atoms with Crippen molar-refractivity contribution in [3.8, 4) is 0 Å². The summed E-state index contributed by atoms with van der Waals surface area (Å²) in [6.07, 6.45) is 8.62. The summed E-state index contributed by atoms with van der Waals surface area (Å²) in [5, 5.41) is 11.7. The Bertz CT molecular complexity index is 597. The summed E-state index contributed by atoms with van der Waals surface area (Å²) in [6, 6.07) is 0.331. The van der Waals surface area contributed by atoms with Crippen LogP contribution >= 0.6 is 24.0 Å². The van der Waals surface area contributed by atoms with Gasteiger partial charge >= 0.3 is 0 Å². The van der Waals surface area contributed by atoms with Crippen molar-refractivity contribution >= 4 is 29.9 Å². The Labute approximate surface area is 173 Å². The topological polar surface area (TPSA) is 76.4 Å². The van der Waals surface area contributed by atoms with Gasteiger partial charge in [0.1, 0.15) is 12.4 Å². The minimum Gasteiger partial charge on any atom is -0.377 e. The predicted octanol–water partition coefficient (Wildman–Crippen LogP) is 2.49. The van der Waals surface area contributed by atoms with Gasteiger partial charge in [0.15, 0.2) is 11.8 Å². The van der Waals surface area contributed by atoms with Crippen LogP contribution in [-0.2, 0) is 24.3 Å². The number of methoxy groups -OCH3 is 1. The largest absolute Gasteiger partial charge is 0.377 e. The van der Waals surface area contributed by atoms with Crippen LogP contribution in [0, 0.1) is 5.41 Å². The summed E-state index contributed by atoms with van der Waals surface area (Å²) in [5.74, 6) is 2.74. The lowest BCUT2D eigenvalue weighted by molar-refractivity contribution is 0.177. The fourth-order valence-electron chi connectivity index (χ4n) is 4.11. The molecule has 148 valence electrons. The minimum atomic E-state index is 0. The Balaban J connectivity index is 0.00000243. The zero-order valence-corrected chi connectivity index (χ0v) is 18.6. The van der Waals surface area contributed by atoms with E-state index in [4.69, 9.17) is 4.74 Å². The van der Waals surface area contributed by atoms with Crippen LogP contribution < -0.4 is 10.6 Å². The number of nitrogens with zero attached hydrogens (tertiary/aromatic N) is 4. The van der Waals surface area contributed by atoms with E-state index in [1.54, 1.807) is 7.11 Å². The van der Waals surface area contributed by atoms with Gasteiger partial charge in [-0.15, -0.1) is 24.0 Å². The lowest BCUT2D eigenvalue weighted by Crippen LogP contribution is -2.49. The lowest BCUT2D eigenvalue weighted by atomic mass is 9.83. The van der Waals surface area contributed by atoms with Gasteiger partial charge in [-0.1, -0.05) is 19.8 Å². The van der Waals surface area contributed by atoms with Gasteiger partial charge in [0.2, 0.25) is 0 Å². The van der Waals surface area contributed by atoms with Gasteiger partial charge in [-0.25, -0.2) is 9.67 Å². The van der Waals surface area contributed by atoms with Crippen LogP contribution in [0.3, 0.4) is 0 Å². The molecule has 0 radical (unpaired) electrons. The smallest absolute Gasteiger partial charge is 0.191 e. The molecule has 1 aromatic rings. The molecule has 1 saturated carbocycles. The second-order valence-electron chi connectivity index (χ2n) is 7.43. The van der Waals surface area contributed by atoms with E-state index in [1.165, 1.54) is 32.1 Å². The number of guanidine groups is 1. The molecule has 3 rings (SSSR count). The first kappa shape index (κ1) is 21.4. The Morgan fingerprint density at radius 3 is 2.81 bits per heavy atom. The molecule has 1 atom stereocenters. The van der Waals surface area contributed by atoms with Gasteiger partial charge < -0.3 is 15.4 Å². The van der Waals surface area contributed by atoms with Crippen molar-refractivity contribution < 1.29 is 4.74 Å². The van der Waals surface area contributed by atoms with E-state index in [1.807, 2.05) is 11.7 Å². The number of rotatable bonds is 6. The molecule has 0 aromatic carbocycles. The minimum absolute atomic E-state index is 0. The molecule has 0 saturated heterocycles. The van der Waals surface area contributed by atoms with Gasteiger partial charge in [0.25, 0.3) is 0 Å². The molecule has 2 aliphatic rings. The molecule has 1 aliphatic carbocycles. The van der Waals surface area contributed by atoms with E-state index in [2.05, 4.69) is 32.6 Å². The van der Waals surface area contributed by atoms with Crippen molar-refractivity contribution in [3.63, 3.8) is 0 Å². The highest BCUT2D eigenvalue weighted by molar-refractivity contribution is 14.0. The first-order valence-corrected chi connectivity index (χ1v) is 9.57. The molecule has 0 amide bonds. The molecule has 26 heavy (non-hydrogen) atoms. The van der Waals surface area contributed by atoms with Gasteiger partial charge in [-0.3, -0.25) is 4.99 Å². The number of aryl methyl sites for hydroxylation is 1.